The van der Waals surface area contributed by atoms with Crippen molar-refractivity contribution in [1.29, 1.82) is 0 Å². The summed E-state index contributed by atoms with van der Waals surface area (Å²) < 4.78 is 7.15. The summed E-state index contributed by atoms with van der Waals surface area (Å²) in [5.41, 5.74) is 4.34. The second kappa shape index (κ2) is 13.5. The van der Waals surface area contributed by atoms with Crippen LogP contribution in [-0.2, 0) is 4.79 Å². The van der Waals surface area contributed by atoms with Crippen LogP contribution in [0.5, 0.6) is 5.75 Å². The Morgan fingerprint density at radius 1 is 1.16 bits per heavy atom. The van der Waals surface area contributed by atoms with Gasteiger partial charge >= 0.3 is 0 Å². The average molecular weight is 585 g/mol. The number of aryl methyl sites for hydroxylation is 1. The first-order valence-corrected chi connectivity index (χ1v) is 14.2. The molecule has 0 bridgehead atoms. The molecule has 0 atom stereocenters. The van der Waals surface area contributed by atoms with Crippen molar-refractivity contribution in [1.82, 2.24) is 29.7 Å². The van der Waals surface area contributed by atoms with Crippen LogP contribution in [0.4, 0.5) is 17.3 Å². The molecule has 1 aromatic carbocycles. The number of amides is 1. The second-order valence-electron chi connectivity index (χ2n) is 10.7. The van der Waals surface area contributed by atoms with Crippen LogP contribution in [0, 0.1) is 6.92 Å². The first-order valence-electron chi connectivity index (χ1n) is 14.2. The molecule has 1 aliphatic heterocycles. The number of hydrogen-bond donors (Lipinski definition) is 2. The fourth-order valence-electron chi connectivity index (χ4n) is 4.90. The van der Waals surface area contributed by atoms with Gasteiger partial charge in [0.1, 0.15) is 17.0 Å². The van der Waals surface area contributed by atoms with E-state index in [2.05, 4.69) is 57.5 Å². The van der Waals surface area contributed by atoms with Crippen molar-refractivity contribution in [3.8, 4) is 5.75 Å². The zero-order chi connectivity index (χ0) is 31.3. The van der Waals surface area contributed by atoms with Gasteiger partial charge in [-0.25, -0.2) is 9.97 Å². The summed E-state index contributed by atoms with van der Waals surface area (Å²) in [6.07, 6.45) is 7.82. The second-order valence-corrected chi connectivity index (χ2v) is 10.7. The molecule has 0 aliphatic carbocycles. The Hall–Kier alpha value is -4.77. The van der Waals surface area contributed by atoms with Gasteiger partial charge in [0.25, 0.3) is 5.56 Å². The minimum absolute atomic E-state index is 0.153. The standard InChI is InChI=1S/C32H40N8O3/c1-9-11-23(34-28(41)10-2)17-22(6)40-30-25(35-29(20(3)4)31(40)42)19-33-32(37-30)36-24-16-21(5)26(18-27(24)43-8)39-14-12-38(7)13-15-39/h9-11,16-20H,2,6,12-15H2,1,3-5,7-8H3,(H,34,41)(H,33,36,37)/b11-9-,23-17+. The number of allylic oxidation sites excluding steroid dienone is 4. The molecule has 2 aromatic heterocycles. The van der Waals surface area contributed by atoms with Gasteiger partial charge in [-0.15, -0.1) is 0 Å². The number of fused-ring (bicyclic) bond motifs is 1. The summed E-state index contributed by atoms with van der Waals surface area (Å²) in [6.45, 7) is 19.2. The third-order valence-corrected chi connectivity index (χ3v) is 7.19. The highest BCUT2D eigenvalue weighted by Crippen LogP contribution is 2.35. The molecule has 1 aliphatic rings. The largest absolute Gasteiger partial charge is 0.494 e. The smallest absolute Gasteiger partial charge is 0.278 e. The van der Waals surface area contributed by atoms with E-state index in [9.17, 15) is 9.59 Å². The lowest BCUT2D eigenvalue weighted by Crippen LogP contribution is -2.44. The van der Waals surface area contributed by atoms with E-state index in [1.807, 2.05) is 32.9 Å². The van der Waals surface area contributed by atoms with Crippen molar-refractivity contribution < 1.29 is 9.53 Å². The molecule has 0 spiro atoms. The minimum Gasteiger partial charge on any atom is -0.494 e. The van der Waals surface area contributed by atoms with E-state index in [4.69, 9.17) is 9.72 Å². The van der Waals surface area contributed by atoms with E-state index < -0.39 is 0 Å². The van der Waals surface area contributed by atoms with Gasteiger partial charge in [0.05, 0.1) is 19.0 Å². The van der Waals surface area contributed by atoms with Gasteiger partial charge in [-0.1, -0.05) is 33.1 Å². The average Bonchev–Trinajstić information content (AvgIpc) is 2.97. The molecular weight excluding hydrogens is 544 g/mol. The zero-order valence-corrected chi connectivity index (χ0v) is 25.8. The number of anilines is 3. The van der Waals surface area contributed by atoms with E-state index in [0.29, 0.717) is 34.0 Å². The number of likely N-dealkylation sites (N-methyl/N-ethyl adjacent to an activating group) is 1. The third kappa shape index (κ3) is 7.00. The molecule has 3 aromatic rings. The summed E-state index contributed by atoms with van der Waals surface area (Å²) in [6, 6.07) is 4.05. The van der Waals surface area contributed by atoms with Gasteiger partial charge in [0.2, 0.25) is 11.9 Å². The van der Waals surface area contributed by atoms with Gasteiger partial charge in [-0.2, -0.15) is 4.98 Å². The van der Waals surface area contributed by atoms with Gasteiger partial charge in [0, 0.05) is 55.2 Å². The monoisotopic (exact) mass is 584 g/mol. The van der Waals surface area contributed by atoms with Gasteiger partial charge < -0.3 is 25.2 Å². The maximum Gasteiger partial charge on any atom is 0.278 e. The molecule has 1 saturated heterocycles. The van der Waals surface area contributed by atoms with Gasteiger partial charge in [-0.3, -0.25) is 14.2 Å². The topological polar surface area (TPSA) is 118 Å². The molecule has 43 heavy (non-hydrogen) atoms. The van der Waals surface area contributed by atoms with Crippen molar-refractivity contribution >= 4 is 40.1 Å². The summed E-state index contributed by atoms with van der Waals surface area (Å²) in [4.78, 5) is 44.2. The van der Waals surface area contributed by atoms with Crippen molar-refractivity contribution in [3.63, 3.8) is 0 Å². The summed E-state index contributed by atoms with van der Waals surface area (Å²) >= 11 is 0. The summed E-state index contributed by atoms with van der Waals surface area (Å²) in [5, 5.41) is 6.00. The number of aromatic nitrogens is 4. The Morgan fingerprint density at radius 2 is 1.88 bits per heavy atom. The van der Waals surface area contributed by atoms with Crippen LogP contribution in [0.1, 0.15) is 37.9 Å². The normalized spacial score (nSPS) is 14.4. The van der Waals surface area contributed by atoms with Crippen molar-refractivity contribution in [2.45, 2.75) is 33.6 Å². The van der Waals surface area contributed by atoms with Crippen molar-refractivity contribution in [3.05, 3.63) is 83.1 Å². The summed E-state index contributed by atoms with van der Waals surface area (Å²) in [5.74, 6) is 0.369. The van der Waals surface area contributed by atoms with Crippen molar-refractivity contribution in [2.75, 3.05) is 50.6 Å². The minimum atomic E-state index is -0.386. The maximum absolute atomic E-state index is 13.7. The maximum atomic E-state index is 13.7. The molecule has 3 heterocycles. The molecule has 11 nitrogen and oxygen atoms in total. The number of methoxy groups -OCH3 is 1. The molecule has 0 saturated carbocycles. The quantitative estimate of drug-likeness (QED) is 0.265. The number of carbonyl (C=O) groups is 1. The van der Waals surface area contributed by atoms with E-state index in [1.165, 1.54) is 10.6 Å². The third-order valence-electron chi connectivity index (χ3n) is 7.19. The Kier molecular flexibility index (Phi) is 9.77. The predicted octanol–water partition coefficient (Wildman–Crippen LogP) is 4.36. The number of rotatable bonds is 10. The highest BCUT2D eigenvalue weighted by atomic mass is 16.5. The lowest BCUT2D eigenvalue weighted by molar-refractivity contribution is -0.115. The Bertz CT molecular complexity index is 1660. The van der Waals surface area contributed by atoms with Crippen LogP contribution in [0.2, 0.25) is 0 Å². The first-order chi connectivity index (χ1) is 20.6. The van der Waals surface area contributed by atoms with Gasteiger partial charge in [-0.05, 0) is 50.8 Å². The highest BCUT2D eigenvalue weighted by Gasteiger charge is 2.20. The Balaban J connectivity index is 1.78. The number of benzene rings is 1. The molecule has 0 radical (unpaired) electrons. The molecular formula is C32H40N8O3. The number of carbonyl (C=O) groups excluding carboxylic acids is 1. The molecule has 11 heteroatoms. The van der Waals surface area contributed by atoms with E-state index in [0.717, 1.165) is 37.4 Å². The predicted molar refractivity (Wildman–Crippen MR) is 173 cm³/mol. The van der Waals surface area contributed by atoms with Crippen LogP contribution in [-0.4, -0.2) is 70.7 Å². The van der Waals surface area contributed by atoms with E-state index in [-0.39, 0.29) is 29.0 Å². The van der Waals surface area contributed by atoms with Gasteiger partial charge in [0.15, 0.2) is 5.65 Å². The van der Waals surface area contributed by atoms with E-state index in [1.54, 1.807) is 31.5 Å². The molecule has 0 unspecified atom stereocenters. The Labute approximate surface area is 252 Å². The highest BCUT2D eigenvalue weighted by molar-refractivity contribution is 5.89. The van der Waals surface area contributed by atoms with Crippen LogP contribution in [0.15, 0.2) is 66.3 Å². The SMILES string of the molecule is C=CC(=O)NC(/C=C\C)=C/C(=C)n1c(=O)c(C(C)C)nc2cnc(Nc3cc(C)c(N4CCN(C)CC4)cc3OC)nc21. The Morgan fingerprint density at radius 3 is 2.51 bits per heavy atom. The summed E-state index contributed by atoms with van der Waals surface area (Å²) in [7, 11) is 3.76. The van der Waals surface area contributed by atoms with Crippen LogP contribution < -0.4 is 25.8 Å². The number of piperazine rings is 1. The van der Waals surface area contributed by atoms with Crippen LogP contribution in [0.25, 0.3) is 16.9 Å². The van der Waals surface area contributed by atoms with Crippen molar-refractivity contribution in [2.24, 2.45) is 0 Å². The molecule has 1 fully saturated rings. The molecule has 1 amide bonds. The zero-order valence-electron chi connectivity index (χ0n) is 25.8. The fraction of sp³-hybridized carbons (Fsp3) is 0.344. The van der Waals surface area contributed by atoms with Crippen LogP contribution in [0.3, 0.4) is 0 Å². The number of nitrogens with one attached hydrogen (secondary N) is 2. The van der Waals surface area contributed by atoms with E-state index >= 15 is 0 Å². The first kappa shape index (κ1) is 31.2. The van der Waals surface area contributed by atoms with Crippen LogP contribution >= 0.6 is 0 Å². The molecule has 4 rings (SSSR count). The number of nitrogens with zero attached hydrogens (tertiary/aromatic N) is 6. The number of hydrogen-bond acceptors (Lipinski definition) is 9. The molecule has 226 valence electrons. The lowest BCUT2D eigenvalue weighted by Gasteiger charge is -2.35. The lowest BCUT2D eigenvalue weighted by atomic mass is 10.1. The number of ether oxygens (including phenoxy) is 1. The molecule has 2 N–H and O–H groups in total. The fourth-order valence-corrected chi connectivity index (χ4v) is 4.90.